The van der Waals surface area contributed by atoms with Gasteiger partial charge in [0, 0.05) is 11.4 Å². The minimum atomic E-state index is -0.0390. The molecule has 0 aliphatic heterocycles. The number of anilines is 2. The highest BCUT2D eigenvalue weighted by molar-refractivity contribution is 5.94. The lowest BCUT2D eigenvalue weighted by Gasteiger charge is -2.12. The Morgan fingerprint density at radius 2 is 1.67 bits per heavy atom. The minimum Gasteiger partial charge on any atom is -0.376 e. The van der Waals surface area contributed by atoms with Crippen molar-refractivity contribution in [2.45, 2.75) is 27.7 Å². The molecular weight excluding hydrogens is 260 g/mol. The van der Waals surface area contributed by atoms with E-state index >= 15 is 0 Å². The van der Waals surface area contributed by atoms with Crippen molar-refractivity contribution in [3.63, 3.8) is 0 Å². The zero-order valence-electron chi connectivity index (χ0n) is 13.1. The van der Waals surface area contributed by atoms with Crippen LogP contribution < -0.4 is 10.6 Å². The molecule has 0 unspecified atom stereocenters. The molecule has 0 fully saturated rings. The highest BCUT2D eigenvalue weighted by atomic mass is 16.1. The van der Waals surface area contributed by atoms with E-state index in [2.05, 4.69) is 16.7 Å². The van der Waals surface area contributed by atoms with Crippen LogP contribution in [0.1, 0.15) is 22.3 Å². The first kappa shape index (κ1) is 15.1. The Balaban J connectivity index is 1.97. The Morgan fingerprint density at radius 1 is 1.00 bits per heavy atom. The van der Waals surface area contributed by atoms with Crippen LogP contribution in [0.3, 0.4) is 0 Å². The largest absolute Gasteiger partial charge is 0.376 e. The van der Waals surface area contributed by atoms with E-state index in [1.807, 2.05) is 58.0 Å². The Morgan fingerprint density at radius 3 is 2.33 bits per heavy atom. The van der Waals surface area contributed by atoms with Gasteiger partial charge in [-0.3, -0.25) is 4.79 Å². The van der Waals surface area contributed by atoms with Crippen molar-refractivity contribution >= 4 is 17.3 Å². The predicted molar refractivity (Wildman–Crippen MR) is 89.0 cm³/mol. The van der Waals surface area contributed by atoms with Gasteiger partial charge in [-0.15, -0.1) is 0 Å². The number of amides is 1. The van der Waals surface area contributed by atoms with Gasteiger partial charge >= 0.3 is 0 Å². The molecule has 110 valence electrons. The van der Waals surface area contributed by atoms with Crippen molar-refractivity contribution in [3.8, 4) is 0 Å². The van der Waals surface area contributed by atoms with Gasteiger partial charge in [0.05, 0.1) is 6.54 Å². The first-order valence-corrected chi connectivity index (χ1v) is 7.14. The molecule has 0 radical (unpaired) electrons. The van der Waals surface area contributed by atoms with Crippen molar-refractivity contribution in [2.24, 2.45) is 0 Å². The summed E-state index contributed by atoms with van der Waals surface area (Å²) >= 11 is 0. The predicted octanol–water partition coefficient (Wildman–Crippen LogP) is 3.97. The molecule has 1 amide bonds. The molecule has 3 nitrogen and oxygen atoms in total. The molecular formula is C18H22N2O. The number of nitrogens with one attached hydrogen (secondary N) is 2. The number of hydrogen-bond donors (Lipinski definition) is 2. The van der Waals surface area contributed by atoms with Gasteiger partial charge in [0.1, 0.15) is 0 Å². The molecule has 0 heterocycles. The summed E-state index contributed by atoms with van der Waals surface area (Å²) in [5.41, 5.74) is 6.51. The molecule has 0 aliphatic rings. The van der Waals surface area contributed by atoms with E-state index in [0.29, 0.717) is 0 Å². The normalized spacial score (nSPS) is 10.3. The molecule has 2 rings (SSSR count). The van der Waals surface area contributed by atoms with Crippen LogP contribution >= 0.6 is 0 Å². The highest BCUT2D eigenvalue weighted by Crippen LogP contribution is 2.18. The lowest BCUT2D eigenvalue weighted by molar-refractivity contribution is -0.114. The van der Waals surface area contributed by atoms with Gasteiger partial charge < -0.3 is 10.6 Å². The van der Waals surface area contributed by atoms with Crippen LogP contribution in [0.25, 0.3) is 0 Å². The van der Waals surface area contributed by atoms with Crippen molar-refractivity contribution in [1.82, 2.24) is 0 Å². The van der Waals surface area contributed by atoms with Crippen LogP contribution in [0.15, 0.2) is 36.4 Å². The molecule has 0 saturated heterocycles. The standard InChI is InChI=1S/C18H22N2O/c1-12-8-13(2)10-16(9-12)19-11-18(21)20-17-7-5-6-14(3)15(17)4/h5-10,19H,11H2,1-4H3,(H,20,21). The SMILES string of the molecule is Cc1cc(C)cc(NCC(=O)Nc2cccc(C)c2C)c1. The molecule has 21 heavy (non-hydrogen) atoms. The number of aryl methyl sites for hydroxylation is 3. The molecule has 0 spiro atoms. The molecule has 0 aliphatic carbocycles. The van der Waals surface area contributed by atoms with Crippen LogP contribution in [0.2, 0.25) is 0 Å². The summed E-state index contributed by atoms with van der Waals surface area (Å²) in [6.07, 6.45) is 0. The molecule has 0 saturated carbocycles. The maximum Gasteiger partial charge on any atom is 0.243 e. The van der Waals surface area contributed by atoms with Crippen LogP contribution in [-0.4, -0.2) is 12.5 Å². The second kappa shape index (κ2) is 6.44. The summed E-state index contributed by atoms with van der Waals surface area (Å²) in [5, 5.41) is 6.12. The maximum absolute atomic E-state index is 12.0. The highest BCUT2D eigenvalue weighted by Gasteiger charge is 2.06. The minimum absolute atomic E-state index is 0.0390. The summed E-state index contributed by atoms with van der Waals surface area (Å²) in [4.78, 5) is 12.0. The van der Waals surface area contributed by atoms with Crippen LogP contribution in [0, 0.1) is 27.7 Å². The zero-order valence-corrected chi connectivity index (χ0v) is 13.1. The van der Waals surface area contributed by atoms with E-state index in [-0.39, 0.29) is 12.5 Å². The smallest absolute Gasteiger partial charge is 0.243 e. The fourth-order valence-electron chi connectivity index (χ4n) is 2.34. The summed E-state index contributed by atoms with van der Waals surface area (Å²) in [6.45, 7) is 8.42. The number of benzene rings is 2. The fourth-order valence-corrected chi connectivity index (χ4v) is 2.34. The Labute approximate surface area is 126 Å². The molecule has 0 aromatic heterocycles. The maximum atomic E-state index is 12.0. The topological polar surface area (TPSA) is 41.1 Å². The molecule has 3 heteroatoms. The van der Waals surface area contributed by atoms with Gasteiger partial charge in [0.15, 0.2) is 0 Å². The second-order valence-corrected chi connectivity index (χ2v) is 5.53. The van der Waals surface area contributed by atoms with E-state index in [0.717, 1.165) is 16.9 Å². The molecule has 2 N–H and O–H groups in total. The van der Waals surface area contributed by atoms with E-state index in [1.54, 1.807) is 0 Å². The van der Waals surface area contributed by atoms with Crippen LogP contribution in [-0.2, 0) is 4.79 Å². The first-order chi connectivity index (χ1) is 9.95. The fraction of sp³-hybridized carbons (Fsp3) is 0.278. The summed E-state index contributed by atoms with van der Waals surface area (Å²) in [6, 6.07) is 12.1. The lowest BCUT2D eigenvalue weighted by Crippen LogP contribution is -2.22. The average Bonchev–Trinajstić information content (AvgIpc) is 2.41. The van der Waals surface area contributed by atoms with Crippen molar-refractivity contribution in [2.75, 3.05) is 17.2 Å². The van der Waals surface area contributed by atoms with Gasteiger partial charge in [-0.25, -0.2) is 0 Å². The molecule has 2 aromatic rings. The molecule has 0 atom stereocenters. The summed E-state index contributed by atoms with van der Waals surface area (Å²) in [5.74, 6) is -0.0390. The summed E-state index contributed by atoms with van der Waals surface area (Å²) in [7, 11) is 0. The molecule has 2 aromatic carbocycles. The van der Waals surface area contributed by atoms with E-state index < -0.39 is 0 Å². The van der Waals surface area contributed by atoms with Gasteiger partial charge in [-0.05, 0) is 68.1 Å². The lowest BCUT2D eigenvalue weighted by atomic mass is 10.1. The second-order valence-electron chi connectivity index (χ2n) is 5.53. The summed E-state index contributed by atoms with van der Waals surface area (Å²) < 4.78 is 0. The number of hydrogen-bond acceptors (Lipinski definition) is 2. The Kier molecular flexibility index (Phi) is 4.63. The Bertz CT molecular complexity index is 642. The zero-order chi connectivity index (χ0) is 15.4. The molecule has 0 bridgehead atoms. The monoisotopic (exact) mass is 282 g/mol. The van der Waals surface area contributed by atoms with Gasteiger partial charge in [0.25, 0.3) is 0 Å². The third kappa shape index (κ3) is 4.09. The van der Waals surface area contributed by atoms with Gasteiger partial charge in [0.2, 0.25) is 5.91 Å². The van der Waals surface area contributed by atoms with Crippen LogP contribution in [0.5, 0.6) is 0 Å². The number of carbonyl (C=O) groups excluding carboxylic acids is 1. The van der Waals surface area contributed by atoms with E-state index in [4.69, 9.17) is 0 Å². The third-order valence-corrected chi connectivity index (χ3v) is 3.55. The quantitative estimate of drug-likeness (QED) is 0.891. The van der Waals surface area contributed by atoms with Crippen molar-refractivity contribution in [1.29, 1.82) is 0 Å². The van der Waals surface area contributed by atoms with Crippen molar-refractivity contribution in [3.05, 3.63) is 58.7 Å². The van der Waals surface area contributed by atoms with Gasteiger partial charge in [-0.2, -0.15) is 0 Å². The first-order valence-electron chi connectivity index (χ1n) is 7.14. The van der Waals surface area contributed by atoms with E-state index in [1.165, 1.54) is 16.7 Å². The van der Waals surface area contributed by atoms with Crippen molar-refractivity contribution < 1.29 is 4.79 Å². The number of rotatable bonds is 4. The van der Waals surface area contributed by atoms with E-state index in [9.17, 15) is 4.79 Å². The van der Waals surface area contributed by atoms with Crippen LogP contribution in [0.4, 0.5) is 11.4 Å². The number of carbonyl (C=O) groups is 1. The average molecular weight is 282 g/mol. The third-order valence-electron chi connectivity index (χ3n) is 3.55. The van der Waals surface area contributed by atoms with Gasteiger partial charge in [-0.1, -0.05) is 18.2 Å². The Hall–Kier alpha value is -2.29.